The van der Waals surface area contributed by atoms with E-state index in [1.807, 2.05) is 13.8 Å². The van der Waals surface area contributed by atoms with E-state index in [0.717, 1.165) is 18.9 Å². The highest BCUT2D eigenvalue weighted by Gasteiger charge is 2.53. The van der Waals surface area contributed by atoms with Crippen LogP contribution in [0.5, 0.6) is 5.75 Å². The normalized spacial score (nSPS) is 15.6. The number of amides is 1. The zero-order chi connectivity index (χ0) is 25.6. The van der Waals surface area contributed by atoms with E-state index < -0.39 is 5.82 Å². The molecule has 1 amide bonds. The summed E-state index contributed by atoms with van der Waals surface area (Å²) in [6, 6.07) is 10.1. The molecular weight excluding hydrogens is 425 g/mol. The van der Waals surface area contributed by atoms with Gasteiger partial charge in [0.15, 0.2) is 0 Å². The number of phenolic OH excluding ortho intramolecular Hbond substituents is 1. The molecule has 2 aromatic carbocycles. The topological polar surface area (TPSA) is 40.5 Å². The average molecular weight is 466 g/mol. The van der Waals surface area contributed by atoms with Gasteiger partial charge in [0.05, 0.1) is 5.56 Å². The number of nitrogens with zero attached hydrogens (tertiary/aromatic N) is 1. The van der Waals surface area contributed by atoms with E-state index in [4.69, 9.17) is 0 Å². The number of rotatable bonds is 2. The summed E-state index contributed by atoms with van der Waals surface area (Å²) in [4.78, 5) is 13.9. The lowest BCUT2D eigenvalue weighted by molar-refractivity contribution is -0.0665. The van der Waals surface area contributed by atoms with Crippen molar-refractivity contribution in [2.24, 2.45) is 11.3 Å². The minimum Gasteiger partial charge on any atom is -0.508 e. The largest absolute Gasteiger partial charge is 0.508 e. The van der Waals surface area contributed by atoms with Crippen LogP contribution in [0.25, 0.3) is 0 Å². The Labute approximate surface area is 205 Å². The molecule has 1 heterocycles. The first-order chi connectivity index (χ1) is 15.9. The molecule has 1 aliphatic heterocycles. The van der Waals surface area contributed by atoms with Crippen molar-refractivity contribution in [1.29, 1.82) is 0 Å². The number of allylic oxidation sites excluding steroid dienone is 3. The van der Waals surface area contributed by atoms with Gasteiger partial charge in [-0.2, -0.15) is 0 Å². The van der Waals surface area contributed by atoms with Crippen LogP contribution in [0.4, 0.5) is 4.39 Å². The maximum atomic E-state index is 13.6. The van der Waals surface area contributed by atoms with Crippen molar-refractivity contribution in [1.82, 2.24) is 4.90 Å². The number of phenols is 1. The maximum Gasteiger partial charge on any atom is 0.257 e. The summed E-state index contributed by atoms with van der Waals surface area (Å²) >= 11 is 0. The van der Waals surface area contributed by atoms with Crippen LogP contribution in [0.3, 0.4) is 0 Å². The first kappa shape index (κ1) is 27.4. The van der Waals surface area contributed by atoms with Crippen molar-refractivity contribution in [2.75, 3.05) is 13.1 Å². The van der Waals surface area contributed by atoms with Crippen molar-refractivity contribution in [3.8, 4) is 5.75 Å². The predicted octanol–water partition coefficient (Wildman–Crippen LogP) is 7.54. The van der Waals surface area contributed by atoms with Crippen LogP contribution in [0.2, 0.25) is 0 Å². The molecule has 0 bridgehead atoms. The van der Waals surface area contributed by atoms with E-state index in [-0.39, 0.29) is 22.6 Å². The number of hydrogen-bond donors (Lipinski definition) is 1. The molecule has 34 heavy (non-hydrogen) atoms. The molecule has 4 heteroatoms. The van der Waals surface area contributed by atoms with Gasteiger partial charge < -0.3 is 10.0 Å². The van der Waals surface area contributed by atoms with Crippen molar-refractivity contribution in [3.63, 3.8) is 0 Å². The van der Waals surface area contributed by atoms with Gasteiger partial charge >= 0.3 is 0 Å². The number of halogens is 1. The monoisotopic (exact) mass is 465 g/mol. The van der Waals surface area contributed by atoms with E-state index in [9.17, 15) is 14.3 Å². The second-order valence-electron chi connectivity index (χ2n) is 10.2. The van der Waals surface area contributed by atoms with E-state index in [2.05, 4.69) is 65.5 Å². The Bertz CT molecular complexity index is 1050. The van der Waals surface area contributed by atoms with Crippen LogP contribution in [0, 0.1) is 37.9 Å². The molecule has 184 valence electrons. The number of aromatic hydroxyl groups is 1. The van der Waals surface area contributed by atoms with Crippen LogP contribution in [0.1, 0.15) is 67.6 Å². The molecule has 0 aromatic heterocycles. The minimum atomic E-state index is -0.581. The molecule has 2 aromatic rings. The average Bonchev–Trinajstić information content (AvgIpc) is 2.71. The predicted molar refractivity (Wildman–Crippen MR) is 140 cm³/mol. The van der Waals surface area contributed by atoms with Crippen molar-refractivity contribution in [2.45, 2.75) is 61.3 Å². The first-order valence-electron chi connectivity index (χ1n) is 11.9. The highest BCUT2D eigenvalue weighted by Crippen LogP contribution is 2.54. The van der Waals surface area contributed by atoms with E-state index in [1.165, 1.54) is 40.0 Å². The number of likely N-dealkylation sites (tertiary alicyclic amines) is 1. The molecule has 1 aliphatic carbocycles. The molecule has 1 spiro atoms. The number of hydrogen-bond acceptors (Lipinski definition) is 2. The molecular formula is C30H40FNO2. The van der Waals surface area contributed by atoms with Gasteiger partial charge in [-0.1, -0.05) is 47.6 Å². The van der Waals surface area contributed by atoms with Crippen LogP contribution >= 0.6 is 0 Å². The van der Waals surface area contributed by atoms with Crippen molar-refractivity contribution < 1.29 is 14.3 Å². The lowest BCUT2D eigenvalue weighted by Gasteiger charge is -2.59. The number of carbonyl (C=O) groups is 1. The van der Waals surface area contributed by atoms with Gasteiger partial charge in [0.1, 0.15) is 11.6 Å². The highest BCUT2D eigenvalue weighted by atomic mass is 19.1. The van der Waals surface area contributed by atoms with E-state index >= 15 is 0 Å². The summed E-state index contributed by atoms with van der Waals surface area (Å²) in [6.45, 7) is 20.0. The second kappa shape index (κ2) is 11.5. The van der Waals surface area contributed by atoms with Gasteiger partial charge in [-0.15, -0.1) is 0 Å². The molecule has 2 fully saturated rings. The maximum absolute atomic E-state index is 13.6. The fourth-order valence-electron chi connectivity index (χ4n) is 4.24. The third-order valence-electron chi connectivity index (χ3n) is 6.82. The summed E-state index contributed by atoms with van der Waals surface area (Å²) in [7, 11) is 0. The molecule has 4 rings (SSSR count). The van der Waals surface area contributed by atoms with Crippen LogP contribution in [0.15, 0.2) is 60.2 Å². The third-order valence-corrected chi connectivity index (χ3v) is 6.82. The van der Waals surface area contributed by atoms with Gasteiger partial charge in [-0.25, -0.2) is 4.39 Å². The molecule has 1 N–H and O–H groups in total. The Morgan fingerprint density at radius 3 is 2.12 bits per heavy atom. The molecule has 1 saturated heterocycles. The Kier molecular flexibility index (Phi) is 9.26. The number of aryl methyl sites for hydroxylation is 3. The smallest absolute Gasteiger partial charge is 0.257 e. The van der Waals surface area contributed by atoms with Gasteiger partial charge in [0.2, 0.25) is 0 Å². The van der Waals surface area contributed by atoms with E-state index in [1.54, 1.807) is 4.90 Å². The van der Waals surface area contributed by atoms with Crippen LogP contribution in [-0.4, -0.2) is 29.0 Å². The summed E-state index contributed by atoms with van der Waals surface area (Å²) in [5, 5.41) is 9.37. The number of benzene rings is 2. The van der Waals surface area contributed by atoms with Crippen LogP contribution < -0.4 is 0 Å². The summed E-state index contributed by atoms with van der Waals surface area (Å²) < 4.78 is 13.6. The molecule has 0 unspecified atom stereocenters. The third kappa shape index (κ3) is 7.06. The molecule has 3 nitrogen and oxygen atoms in total. The quantitative estimate of drug-likeness (QED) is 0.465. The SMILES string of the molecule is C=C(C)C1CC2(C1)CN(C(=O)c1cc(O)ccc1F)C2.CC=C(C)C.Cc1ccc(C)c(C)c1. The Hall–Kier alpha value is -2.88. The Morgan fingerprint density at radius 2 is 1.65 bits per heavy atom. The zero-order valence-corrected chi connectivity index (χ0v) is 21.8. The lowest BCUT2D eigenvalue weighted by Crippen LogP contribution is -2.63. The lowest BCUT2D eigenvalue weighted by atomic mass is 9.56. The highest BCUT2D eigenvalue weighted by molar-refractivity contribution is 5.95. The van der Waals surface area contributed by atoms with Crippen molar-refractivity contribution >= 4 is 5.91 Å². The second-order valence-corrected chi connectivity index (χ2v) is 10.2. The fourth-order valence-corrected chi connectivity index (χ4v) is 4.24. The number of carbonyl (C=O) groups excluding carboxylic acids is 1. The molecule has 0 radical (unpaired) electrons. The summed E-state index contributed by atoms with van der Waals surface area (Å²) in [5.41, 5.74) is 6.88. The minimum absolute atomic E-state index is 0.0457. The van der Waals surface area contributed by atoms with Gasteiger partial charge in [-0.05, 0) is 96.6 Å². The van der Waals surface area contributed by atoms with Gasteiger partial charge in [0.25, 0.3) is 5.91 Å². The fraction of sp³-hybridized carbons (Fsp3) is 0.433. The van der Waals surface area contributed by atoms with Gasteiger partial charge in [0, 0.05) is 18.5 Å². The Morgan fingerprint density at radius 1 is 1.06 bits per heavy atom. The zero-order valence-electron chi connectivity index (χ0n) is 21.8. The van der Waals surface area contributed by atoms with E-state index in [0.29, 0.717) is 19.0 Å². The standard InChI is InChI=1S/C16H18FNO2.C9H12.C5H10/c1-10(2)11-6-16(7-11)8-18(9-16)15(20)13-5-12(19)3-4-14(13)17;1-7-4-5-8(2)9(3)6-7;1-4-5(2)3/h3-5,11,19H,1,6-9H2,2H3;4-6H,1-3H3;4H,1-3H3. The Balaban J connectivity index is 0.000000241. The molecule has 1 saturated carbocycles. The molecule has 2 aliphatic rings. The molecule has 0 atom stereocenters. The summed E-state index contributed by atoms with van der Waals surface area (Å²) in [5.74, 6) is -0.425. The van der Waals surface area contributed by atoms with Crippen LogP contribution in [-0.2, 0) is 0 Å². The summed E-state index contributed by atoms with van der Waals surface area (Å²) in [6.07, 6.45) is 4.24. The van der Waals surface area contributed by atoms with Gasteiger partial charge in [-0.3, -0.25) is 4.79 Å². The first-order valence-corrected chi connectivity index (χ1v) is 11.9. The van der Waals surface area contributed by atoms with Crippen molar-refractivity contribution in [3.05, 3.63) is 88.3 Å².